The first-order valence-corrected chi connectivity index (χ1v) is 9.58. The molecule has 3 aromatic rings. The average Bonchev–Trinajstić information content (AvgIpc) is 3.13. The predicted octanol–water partition coefficient (Wildman–Crippen LogP) is 3.43. The van der Waals surface area contributed by atoms with Crippen molar-refractivity contribution in [2.24, 2.45) is 7.05 Å². The number of amides is 2. The van der Waals surface area contributed by atoms with Gasteiger partial charge in [0, 0.05) is 35.3 Å². The number of nitrogens with one attached hydrogen (secondary N) is 1. The number of phenolic OH excluding ortho intramolecular Hbond substituents is 1. The minimum absolute atomic E-state index is 0.0334. The number of thioether (sulfide) groups is 1. The number of carbonyl (C=O) groups excluding carboxylic acids is 2. The number of aryl methyl sites for hydroxylation is 1. The van der Waals surface area contributed by atoms with Gasteiger partial charge in [-0.3, -0.25) is 15.0 Å². The van der Waals surface area contributed by atoms with Crippen LogP contribution in [0.4, 0.5) is 0 Å². The van der Waals surface area contributed by atoms with E-state index < -0.39 is 11.8 Å². The number of rotatable bonds is 3. The molecule has 2 amide bonds. The van der Waals surface area contributed by atoms with Crippen LogP contribution in [0.5, 0.6) is 5.75 Å². The highest BCUT2D eigenvalue weighted by atomic mass is 32.2. The number of aromatic nitrogens is 1. The standard InChI is InChI=1S/C20H15N3O3S2/c1-22-11-13(15-7-2-3-8-16(15)22)10-17-19(26)23(20(27)28-17)21-18(25)12-5-4-6-14(24)9-12/h2-11,24H,1H3,(H,21,25)/b17-10-. The van der Waals surface area contributed by atoms with Crippen molar-refractivity contribution in [3.8, 4) is 5.75 Å². The summed E-state index contributed by atoms with van der Waals surface area (Å²) in [4.78, 5) is 25.6. The lowest BCUT2D eigenvalue weighted by molar-refractivity contribution is -0.123. The van der Waals surface area contributed by atoms with E-state index in [4.69, 9.17) is 12.2 Å². The maximum absolute atomic E-state index is 12.8. The molecule has 1 fully saturated rings. The minimum atomic E-state index is -0.529. The van der Waals surface area contributed by atoms with Gasteiger partial charge in [0.25, 0.3) is 11.8 Å². The topological polar surface area (TPSA) is 74.6 Å². The van der Waals surface area contributed by atoms with Crippen LogP contribution in [-0.2, 0) is 11.8 Å². The number of fused-ring (bicyclic) bond motifs is 1. The average molecular weight is 409 g/mol. The summed E-state index contributed by atoms with van der Waals surface area (Å²) in [6.45, 7) is 0. The van der Waals surface area contributed by atoms with Crippen molar-refractivity contribution in [1.29, 1.82) is 0 Å². The van der Waals surface area contributed by atoms with Gasteiger partial charge in [-0.05, 0) is 42.6 Å². The third-order valence-electron chi connectivity index (χ3n) is 4.33. The maximum atomic E-state index is 12.8. The van der Waals surface area contributed by atoms with Gasteiger partial charge in [-0.1, -0.05) is 36.0 Å². The zero-order valence-electron chi connectivity index (χ0n) is 14.7. The molecule has 0 aliphatic carbocycles. The zero-order valence-corrected chi connectivity index (χ0v) is 16.4. The van der Waals surface area contributed by atoms with Crippen molar-refractivity contribution >= 4 is 57.1 Å². The zero-order chi connectivity index (χ0) is 19.8. The summed E-state index contributed by atoms with van der Waals surface area (Å²) in [6, 6.07) is 13.8. The third-order valence-corrected chi connectivity index (χ3v) is 5.63. The SMILES string of the molecule is Cn1cc(/C=C2\SC(=S)N(NC(=O)c3cccc(O)c3)C2=O)c2ccccc21. The molecule has 6 nitrogen and oxygen atoms in total. The van der Waals surface area contributed by atoms with E-state index in [1.165, 1.54) is 12.1 Å². The summed E-state index contributed by atoms with van der Waals surface area (Å²) in [5.41, 5.74) is 4.69. The van der Waals surface area contributed by atoms with Crippen molar-refractivity contribution in [3.05, 3.63) is 70.8 Å². The van der Waals surface area contributed by atoms with Crippen LogP contribution in [0.2, 0.25) is 0 Å². The second-order valence-electron chi connectivity index (χ2n) is 6.22. The number of nitrogens with zero attached hydrogens (tertiary/aromatic N) is 2. The number of thiocarbonyl (C=S) groups is 1. The Kier molecular flexibility index (Phi) is 4.66. The number of hydrazine groups is 1. The Morgan fingerprint density at radius 1 is 1.21 bits per heavy atom. The molecule has 2 heterocycles. The maximum Gasteiger partial charge on any atom is 0.285 e. The molecule has 0 atom stereocenters. The van der Waals surface area contributed by atoms with Crippen LogP contribution in [-0.4, -0.2) is 30.8 Å². The molecule has 0 unspecified atom stereocenters. The van der Waals surface area contributed by atoms with Gasteiger partial charge < -0.3 is 9.67 Å². The first kappa shape index (κ1) is 18.3. The highest BCUT2D eigenvalue weighted by Crippen LogP contribution is 2.33. The lowest BCUT2D eigenvalue weighted by Crippen LogP contribution is -2.44. The molecule has 0 radical (unpaired) electrons. The number of carbonyl (C=O) groups is 2. The molecule has 140 valence electrons. The lowest BCUT2D eigenvalue weighted by atomic mass is 10.1. The molecule has 4 rings (SSSR count). The number of hydrogen-bond donors (Lipinski definition) is 2. The number of benzene rings is 2. The Bertz CT molecular complexity index is 1170. The van der Waals surface area contributed by atoms with Gasteiger partial charge in [0.15, 0.2) is 4.32 Å². The lowest BCUT2D eigenvalue weighted by Gasteiger charge is -2.15. The highest BCUT2D eigenvalue weighted by molar-refractivity contribution is 8.26. The van der Waals surface area contributed by atoms with E-state index in [1.807, 2.05) is 42.1 Å². The molecule has 1 aliphatic heterocycles. The van der Waals surface area contributed by atoms with E-state index in [0.717, 1.165) is 33.2 Å². The molecule has 1 saturated heterocycles. The van der Waals surface area contributed by atoms with E-state index in [2.05, 4.69) is 5.43 Å². The van der Waals surface area contributed by atoms with Crippen LogP contribution in [0.3, 0.4) is 0 Å². The third kappa shape index (κ3) is 3.28. The molecular weight excluding hydrogens is 394 g/mol. The van der Waals surface area contributed by atoms with Gasteiger partial charge in [-0.25, -0.2) is 0 Å². The van der Waals surface area contributed by atoms with Crippen LogP contribution >= 0.6 is 24.0 Å². The first-order valence-electron chi connectivity index (χ1n) is 8.36. The van der Waals surface area contributed by atoms with Gasteiger partial charge in [0.2, 0.25) is 0 Å². The fourth-order valence-corrected chi connectivity index (χ4v) is 4.18. The quantitative estimate of drug-likeness (QED) is 0.512. The van der Waals surface area contributed by atoms with E-state index >= 15 is 0 Å². The second-order valence-corrected chi connectivity index (χ2v) is 7.90. The predicted molar refractivity (Wildman–Crippen MR) is 114 cm³/mol. The van der Waals surface area contributed by atoms with Crippen LogP contribution in [0.1, 0.15) is 15.9 Å². The summed E-state index contributed by atoms with van der Waals surface area (Å²) in [5.74, 6) is -0.955. The molecule has 8 heteroatoms. The number of phenols is 1. The monoisotopic (exact) mass is 409 g/mol. The normalized spacial score (nSPS) is 15.6. The molecule has 2 N–H and O–H groups in total. The summed E-state index contributed by atoms with van der Waals surface area (Å²) in [6.07, 6.45) is 3.73. The molecule has 1 aromatic heterocycles. The van der Waals surface area contributed by atoms with Crippen molar-refractivity contribution in [2.75, 3.05) is 0 Å². The molecule has 2 aromatic carbocycles. The molecular formula is C20H15N3O3S2. The largest absolute Gasteiger partial charge is 0.508 e. The van der Waals surface area contributed by atoms with Gasteiger partial charge in [0.05, 0.1) is 4.91 Å². The Hall–Kier alpha value is -3.10. The second kappa shape index (κ2) is 7.14. The van der Waals surface area contributed by atoms with Crippen LogP contribution in [0.25, 0.3) is 17.0 Å². The number of para-hydroxylation sites is 1. The molecule has 0 bridgehead atoms. The summed E-state index contributed by atoms with van der Waals surface area (Å²) in [7, 11) is 1.94. The number of aromatic hydroxyl groups is 1. The number of hydrogen-bond acceptors (Lipinski definition) is 5. The highest BCUT2D eigenvalue weighted by Gasteiger charge is 2.34. The van der Waals surface area contributed by atoms with Crippen LogP contribution < -0.4 is 5.43 Å². The smallest absolute Gasteiger partial charge is 0.285 e. The van der Waals surface area contributed by atoms with Crippen LogP contribution in [0.15, 0.2) is 59.6 Å². The van der Waals surface area contributed by atoms with Crippen molar-refractivity contribution in [3.63, 3.8) is 0 Å². The van der Waals surface area contributed by atoms with E-state index in [1.54, 1.807) is 18.2 Å². The van der Waals surface area contributed by atoms with E-state index in [9.17, 15) is 14.7 Å². The van der Waals surface area contributed by atoms with Crippen LogP contribution in [0, 0.1) is 0 Å². The fourth-order valence-electron chi connectivity index (χ4n) is 3.01. The molecule has 1 aliphatic rings. The fraction of sp³-hybridized carbons (Fsp3) is 0.0500. The minimum Gasteiger partial charge on any atom is -0.508 e. The molecule has 0 saturated carbocycles. The summed E-state index contributed by atoms with van der Waals surface area (Å²) in [5, 5.41) is 11.6. The first-order chi connectivity index (χ1) is 13.4. The Morgan fingerprint density at radius 2 is 2.00 bits per heavy atom. The van der Waals surface area contributed by atoms with Gasteiger partial charge in [-0.2, -0.15) is 5.01 Å². The molecule has 0 spiro atoms. The van der Waals surface area contributed by atoms with Gasteiger partial charge >= 0.3 is 0 Å². The molecule has 28 heavy (non-hydrogen) atoms. The van der Waals surface area contributed by atoms with Crippen molar-refractivity contribution in [1.82, 2.24) is 15.0 Å². The Morgan fingerprint density at radius 3 is 2.79 bits per heavy atom. The van der Waals surface area contributed by atoms with E-state index in [0.29, 0.717) is 4.91 Å². The van der Waals surface area contributed by atoms with E-state index in [-0.39, 0.29) is 15.6 Å². The summed E-state index contributed by atoms with van der Waals surface area (Å²) >= 11 is 6.39. The van der Waals surface area contributed by atoms with Crippen molar-refractivity contribution < 1.29 is 14.7 Å². The van der Waals surface area contributed by atoms with Gasteiger partial charge in [0.1, 0.15) is 5.75 Å². The Balaban J connectivity index is 1.60. The van der Waals surface area contributed by atoms with Crippen molar-refractivity contribution in [2.45, 2.75) is 0 Å². The van der Waals surface area contributed by atoms with Gasteiger partial charge in [-0.15, -0.1) is 0 Å². The summed E-state index contributed by atoms with van der Waals surface area (Å²) < 4.78 is 2.23. The Labute approximate surface area is 170 Å².